The highest BCUT2D eigenvalue weighted by Gasteiger charge is 2.28. The lowest BCUT2D eigenvalue weighted by Crippen LogP contribution is -2.51. The number of aryl methyl sites for hydroxylation is 2. The molecular formula is C22H26N2O5. The van der Waals surface area contributed by atoms with E-state index in [1.807, 2.05) is 38.1 Å². The monoisotopic (exact) mass is 398 g/mol. The zero-order valence-electron chi connectivity index (χ0n) is 16.9. The molecule has 0 saturated carbocycles. The molecule has 3 rings (SSSR count). The summed E-state index contributed by atoms with van der Waals surface area (Å²) >= 11 is 0. The molecule has 2 amide bonds. The van der Waals surface area contributed by atoms with Crippen LogP contribution in [0.5, 0.6) is 11.5 Å². The van der Waals surface area contributed by atoms with E-state index in [0.717, 1.165) is 16.8 Å². The zero-order chi connectivity index (χ0) is 20.8. The Bertz CT molecular complexity index is 863. The van der Waals surface area contributed by atoms with Gasteiger partial charge >= 0.3 is 0 Å². The quantitative estimate of drug-likeness (QED) is 0.774. The van der Waals surface area contributed by atoms with Gasteiger partial charge in [0.05, 0.1) is 19.8 Å². The fraction of sp³-hybridized carbons (Fsp3) is 0.364. The lowest BCUT2D eigenvalue weighted by molar-refractivity contribution is -0.130. The predicted octanol–water partition coefficient (Wildman–Crippen LogP) is 2.24. The second-order valence-corrected chi connectivity index (χ2v) is 7.03. The van der Waals surface area contributed by atoms with E-state index in [4.69, 9.17) is 14.2 Å². The van der Waals surface area contributed by atoms with Crippen LogP contribution in [-0.2, 0) is 14.3 Å². The van der Waals surface area contributed by atoms with Crippen molar-refractivity contribution < 1.29 is 23.8 Å². The number of carbonyl (C=O) groups is 2. The Hall–Kier alpha value is -3.06. The molecule has 1 N–H and O–H groups in total. The van der Waals surface area contributed by atoms with E-state index in [1.54, 1.807) is 24.1 Å². The van der Waals surface area contributed by atoms with Crippen LogP contribution >= 0.6 is 0 Å². The Labute approximate surface area is 170 Å². The molecule has 0 aliphatic carbocycles. The molecule has 0 bridgehead atoms. The van der Waals surface area contributed by atoms with E-state index in [-0.39, 0.29) is 31.1 Å². The maximum atomic E-state index is 12.3. The number of anilines is 1. The van der Waals surface area contributed by atoms with E-state index in [1.165, 1.54) is 0 Å². The zero-order valence-corrected chi connectivity index (χ0v) is 16.9. The average Bonchev–Trinajstić information content (AvgIpc) is 2.71. The van der Waals surface area contributed by atoms with Crippen LogP contribution < -0.4 is 19.7 Å². The summed E-state index contributed by atoms with van der Waals surface area (Å²) < 4.78 is 16.3. The molecule has 2 aromatic carbocycles. The summed E-state index contributed by atoms with van der Waals surface area (Å²) in [4.78, 5) is 26.2. The van der Waals surface area contributed by atoms with Crippen LogP contribution in [0.4, 0.5) is 5.69 Å². The summed E-state index contributed by atoms with van der Waals surface area (Å²) in [5.74, 6) is 0.718. The number of amides is 2. The highest BCUT2D eigenvalue weighted by molar-refractivity contribution is 5.95. The Balaban J connectivity index is 1.52. The van der Waals surface area contributed by atoms with Crippen LogP contribution in [0.15, 0.2) is 42.5 Å². The number of rotatable bonds is 7. The normalized spacial score (nSPS) is 16.4. The van der Waals surface area contributed by atoms with E-state index < -0.39 is 0 Å². The van der Waals surface area contributed by atoms with Gasteiger partial charge in [-0.15, -0.1) is 0 Å². The van der Waals surface area contributed by atoms with Crippen molar-refractivity contribution in [1.82, 2.24) is 5.32 Å². The van der Waals surface area contributed by atoms with E-state index in [2.05, 4.69) is 11.4 Å². The van der Waals surface area contributed by atoms with Crippen molar-refractivity contribution in [3.8, 4) is 11.5 Å². The van der Waals surface area contributed by atoms with Crippen LogP contribution in [0.2, 0.25) is 0 Å². The molecule has 29 heavy (non-hydrogen) atoms. The van der Waals surface area contributed by atoms with Crippen molar-refractivity contribution in [2.45, 2.75) is 20.0 Å². The Morgan fingerprint density at radius 1 is 1.17 bits per heavy atom. The second-order valence-electron chi connectivity index (χ2n) is 7.03. The second kappa shape index (κ2) is 9.43. The minimum Gasteiger partial charge on any atom is -0.493 e. The van der Waals surface area contributed by atoms with Crippen LogP contribution in [0.1, 0.15) is 11.1 Å². The lowest BCUT2D eigenvalue weighted by Gasteiger charge is -2.33. The first-order valence-corrected chi connectivity index (χ1v) is 9.49. The average molecular weight is 398 g/mol. The molecule has 1 fully saturated rings. The number of para-hydroxylation sites is 2. The Morgan fingerprint density at radius 3 is 2.55 bits per heavy atom. The molecule has 0 radical (unpaired) electrons. The molecule has 1 saturated heterocycles. The van der Waals surface area contributed by atoms with Crippen LogP contribution in [-0.4, -0.2) is 51.3 Å². The Morgan fingerprint density at radius 2 is 1.86 bits per heavy atom. The van der Waals surface area contributed by atoms with Crippen molar-refractivity contribution in [1.29, 1.82) is 0 Å². The van der Waals surface area contributed by atoms with Gasteiger partial charge in [0, 0.05) is 12.2 Å². The molecule has 1 heterocycles. The van der Waals surface area contributed by atoms with Crippen LogP contribution in [0, 0.1) is 13.8 Å². The first kappa shape index (κ1) is 20.7. The van der Waals surface area contributed by atoms with E-state index in [0.29, 0.717) is 24.6 Å². The molecule has 1 aliphatic heterocycles. The number of benzene rings is 2. The molecule has 1 atom stereocenters. The minimum atomic E-state index is -0.288. The van der Waals surface area contributed by atoms with Gasteiger partial charge in [-0.3, -0.25) is 9.59 Å². The fourth-order valence-corrected chi connectivity index (χ4v) is 3.26. The maximum Gasteiger partial charge on any atom is 0.258 e. The molecule has 1 aliphatic rings. The number of morpholine rings is 1. The Kier molecular flexibility index (Phi) is 6.72. The van der Waals surface area contributed by atoms with Crippen molar-refractivity contribution in [2.24, 2.45) is 0 Å². The number of hydrogen-bond donors (Lipinski definition) is 1. The van der Waals surface area contributed by atoms with Gasteiger partial charge in [-0.1, -0.05) is 18.2 Å². The summed E-state index contributed by atoms with van der Waals surface area (Å²) in [6.07, 6.45) is -0.288. The van der Waals surface area contributed by atoms with Crippen molar-refractivity contribution in [3.05, 3.63) is 53.6 Å². The smallest absolute Gasteiger partial charge is 0.258 e. The van der Waals surface area contributed by atoms with Crippen molar-refractivity contribution in [3.63, 3.8) is 0 Å². The number of ether oxygens (including phenoxy) is 3. The van der Waals surface area contributed by atoms with Crippen LogP contribution in [0.25, 0.3) is 0 Å². The molecule has 0 spiro atoms. The first-order valence-electron chi connectivity index (χ1n) is 9.49. The minimum absolute atomic E-state index is 0.00869. The number of hydrogen-bond acceptors (Lipinski definition) is 5. The predicted molar refractivity (Wildman–Crippen MR) is 110 cm³/mol. The SMILES string of the molecule is COc1ccccc1OCC(=O)NCC1CN(c2cc(C)cc(C)c2)C(=O)CO1. The number of methoxy groups -OCH3 is 1. The fourth-order valence-electron chi connectivity index (χ4n) is 3.26. The third-order valence-corrected chi connectivity index (χ3v) is 4.60. The third-order valence-electron chi connectivity index (χ3n) is 4.60. The molecule has 0 aromatic heterocycles. The van der Waals surface area contributed by atoms with Crippen LogP contribution in [0.3, 0.4) is 0 Å². The molecule has 7 nitrogen and oxygen atoms in total. The van der Waals surface area contributed by atoms with Gasteiger partial charge in [0.15, 0.2) is 18.1 Å². The highest BCUT2D eigenvalue weighted by atomic mass is 16.5. The van der Waals surface area contributed by atoms with Gasteiger partial charge in [-0.2, -0.15) is 0 Å². The molecule has 2 aromatic rings. The van der Waals surface area contributed by atoms with Gasteiger partial charge < -0.3 is 24.4 Å². The van der Waals surface area contributed by atoms with Gasteiger partial charge in [0.25, 0.3) is 11.8 Å². The van der Waals surface area contributed by atoms with E-state index >= 15 is 0 Å². The largest absolute Gasteiger partial charge is 0.493 e. The van der Waals surface area contributed by atoms with Crippen molar-refractivity contribution in [2.75, 3.05) is 38.3 Å². The number of nitrogens with one attached hydrogen (secondary N) is 1. The molecule has 1 unspecified atom stereocenters. The number of carbonyl (C=O) groups excluding carboxylic acids is 2. The first-order chi connectivity index (χ1) is 14.0. The molecule has 7 heteroatoms. The summed E-state index contributed by atoms with van der Waals surface area (Å²) in [7, 11) is 1.55. The lowest BCUT2D eigenvalue weighted by atomic mass is 10.1. The topological polar surface area (TPSA) is 77.1 Å². The highest BCUT2D eigenvalue weighted by Crippen LogP contribution is 2.25. The van der Waals surface area contributed by atoms with Crippen molar-refractivity contribution >= 4 is 17.5 Å². The van der Waals surface area contributed by atoms with Gasteiger partial charge in [0.2, 0.25) is 0 Å². The molecular weight excluding hydrogens is 372 g/mol. The molecule has 154 valence electrons. The number of nitrogens with zero attached hydrogens (tertiary/aromatic N) is 1. The van der Waals surface area contributed by atoms with Gasteiger partial charge in [-0.25, -0.2) is 0 Å². The summed E-state index contributed by atoms with van der Waals surface area (Å²) in [5.41, 5.74) is 3.04. The van der Waals surface area contributed by atoms with Gasteiger partial charge in [0.1, 0.15) is 6.61 Å². The maximum absolute atomic E-state index is 12.3. The third kappa shape index (κ3) is 5.48. The standard InChI is InChI=1S/C22H26N2O5/c1-15-8-16(2)10-17(9-15)24-12-18(28-14-22(24)26)11-23-21(25)13-29-20-7-5-4-6-19(20)27-3/h4-10,18H,11-14H2,1-3H3,(H,23,25). The van der Waals surface area contributed by atoms with E-state index in [9.17, 15) is 9.59 Å². The van der Waals surface area contributed by atoms with Gasteiger partial charge in [-0.05, 0) is 49.2 Å². The summed E-state index contributed by atoms with van der Waals surface area (Å²) in [6.45, 7) is 4.54. The summed E-state index contributed by atoms with van der Waals surface area (Å²) in [6, 6.07) is 13.2. The summed E-state index contributed by atoms with van der Waals surface area (Å²) in [5, 5.41) is 2.80.